The molecule has 0 amide bonds. The van der Waals surface area contributed by atoms with Gasteiger partial charge < -0.3 is 14.3 Å². The van der Waals surface area contributed by atoms with Gasteiger partial charge in [-0.05, 0) is 38.8 Å². The lowest BCUT2D eigenvalue weighted by molar-refractivity contribution is -0.119. The molecule has 0 aromatic heterocycles. The Morgan fingerprint density at radius 3 is 1.64 bits per heavy atom. The molecule has 0 aliphatic heterocycles. The number of benzene rings is 2. The number of aryl methyl sites for hydroxylation is 1. The fourth-order valence-corrected chi connectivity index (χ4v) is 2.68. The fraction of sp³-hybridized carbons (Fsp3) is 0.516. The number of rotatable bonds is 10. The molecular weight excluding hydrogens is 452 g/mol. The first-order chi connectivity index (χ1) is 17.3. The minimum absolute atomic E-state index is 0.268. The Bertz CT molecular complexity index is 785. The van der Waals surface area contributed by atoms with Crippen LogP contribution in [0.1, 0.15) is 102 Å². The first kappa shape index (κ1) is 37.6. The van der Waals surface area contributed by atoms with Crippen molar-refractivity contribution in [3.63, 3.8) is 0 Å². The van der Waals surface area contributed by atoms with Crippen LogP contribution in [0.15, 0.2) is 54.6 Å². The van der Waals surface area contributed by atoms with E-state index in [9.17, 15) is 14.4 Å². The van der Waals surface area contributed by atoms with Crippen molar-refractivity contribution in [3.05, 3.63) is 65.7 Å². The summed E-state index contributed by atoms with van der Waals surface area (Å²) in [5, 5.41) is 0. The van der Waals surface area contributed by atoms with Crippen LogP contribution < -0.4 is 4.74 Å². The van der Waals surface area contributed by atoms with E-state index in [-0.39, 0.29) is 11.8 Å². The Labute approximate surface area is 220 Å². The minimum atomic E-state index is -0.382. The smallest absolute Gasteiger partial charge is 0.341 e. The number of carbonyl (C=O) groups excluding carboxylic acids is 3. The van der Waals surface area contributed by atoms with Crippen LogP contribution in [0.4, 0.5) is 0 Å². The van der Waals surface area contributed by atoms with Crippen molar-refractivity contribution < 1.29 is 23.9 Å². The van der Waals surface area contributed by atoms with Crippen LogP contribution in [0.25, 0.3) is 0 Å². The van der Waals surface area contributed by atoms with E-state index in [1.54, 1.807) is 31.2 Å². The maximum atomic E-state index is 11.1. The van der Waals surface area contributed by atoms with Crippen molar-refractivity contribution in [2.24, 2.45) is 0 Å². The molecule has 204 valence electrons. The second-order valence-electron chi connectivity index (χ2n) is 7.36. The summed E-state index contributed by atoms with van der Waals surface area (Å²) >= 11 is 0. The molecule has 2 rings (SSSR count). The van der Waals surface area contributed by atoms with Gasteiger partial charge in [-0.2, -0.15) is 0 Å². The first-order valence-electron chi connectivity index (χ1n) is 13.1. The van der Waals surface area contributed by atoms with Crippen molar-refractivity contribution in [1.82, 2.24) is 0 Å². The molecule has 0 N–H and O–H groups in total. The van der Waals surface area contributed by atoms with Crippen LogP contribution in [0.3, 0.4) is 0 Å². The number of Topliss-reactive ketones (excluding diaryl/α,β-unsaturated/α-hetero) is 2. The Morgan fingerprint density at radius 1 is 0.722 bits per heavy atom. The van der Waals surface area contributed by atoms with E-state index in [1.165, 1.54) is 19.8 Å². The van der Waals surface area contributed by atoms with Crippen molar-refractivity contribution in [1.29, 1.82) is 0 Å². The van der Waals surface area contributed by atoms with Gasteiger partial charge in [0.05, 0.1) is 14.2 Å². The lowest BCUT2D eigenvalue weighted by atomic mass is 10.1. The zero-order chi connectivity index (χ0) is 28.2. The van der Waals surface area contributed by atoms with Crippen molar-refractivity contribution in [3.8, 4) is 5.75 Å². The summed E-state index contributed by atoms with van der Waals surface area (Å²) in [6, 6.07) is 17.2. The highest BCUT2D eigenvalue weighted by Crippen LogP contribution is 2.17. The third kappa shape index (κ3) is 22.8. The quantitative estimate of drug-likeness (QED) is 0.241. The van der Waals surface area contributed by atoms with E-state index in [2.05, 4.69) is 23.8 Å². The molecular formula is C31H50O5. The van der Waals surface area contributed by atoms with Crippen LogP contribution in [-0.4, -0.2) is 31.8 Å². The van der Waals surface area contributed by atoms with E-state index in [0.717, 1.165) is 32.1 Å². The largest absolute Gasteiger partial charge is 0.496 e. The van der Waals surface area contributed by atoms with Gasteiger partial charge in [-0.25, -0.2) is 4.79 Å². The van der Waals surface area contributed by atoms with Crippen LogP contribution in [0.5, 0.6) is 5.75 Å². The van der Waals surface area contributed by atoms with Gasteiger partial charge in [-0.1, -0.05) is 95.5 Å². The molecule has 5 nitrogen and oxygen atoms in total. The van der Waals surface area contributed by atoms with Crippen molar-refractivity contribution in [2.45, 2.75) is 93.4 Å². The number of ether oxygens (including phenoxy) is 2. The van der Waals surface area contributed by atoms with Gasteiger partial charge in [0.15, 0.2) is 0 Å². The molecule has 2 aromatic rings. The highest BCUT2D eigenvalue weighted by Gasteiger charge is 2.10. The predicted octanol–water partition coefficient (Wildman–Crippen LogP) is 8.42. The van der Waals surface area contributed by atoms with E-state index in [4.69, 9.17) is 4.74 Å². The standard InChI is InChI=1S/C11H20O2.C9H10O3.C7H8.2C2H6/c1-3-11(13)9-7-5-4-6-8-10(2)12;1-11-8-6-4-3-5-7(8)9(10)12-2;1-7-5-3-2-4-6-7;2*1-2/h3-9H2,1-2H3;3-6H,1-2H3;2-6H,1H3;2*1-2H3. The number of esters is 1. The number of carbonyl (C=O) groups is 3. The molecule has 5 heteroatoms. The Morgan fingerprint density at radius 2 is 1.22 bits per heavy atom. The molecule has 2 aromatic carbocycles. The number of methoxy groups -OCH3 is 2. The maximum Gasteiger partial charge on any atom is 0.341 e. The molecule has 0 fully saturated rings. The highest BCUT2D eigenvalue weighted by molar-refractivity contribution is 5.92. The monoisotopic (exact) mass is 502 g/mol. The molecule has 0 unspecified atom stereocenters. The first-order valence-corrected chi connectivity index (χ1v) is 13.1. The number of para-hydroxylation sites is 1. The summed E-state index contributed by atoms with van der Waals surface area (Å²) in [6.07, 6.45) is 6.21. The summed E-state index contributed by atoms with van der Waals surface area (Å²) in [7, 11) is 2.86. The van der Waals surface area contributed by atoms with Crippen LogP contribution in [0, 0.1) is 6.92 Å². The zero-order valence-corrected chi connectivity index (χ0v) is 24.2. The third-order valence-corrected chi connectivity index (χ3v) is 4.58. The average Bonchev–Trinajstić information content (AvgIpc) is 2.93. The van der Waals surface area contributed by atoms with Gasteiger partial charge in [0, 0.05) is 19.3 Å². The molecule has 0 spiro atoms. The van der Waals surface area contributed by atoms with E-state index in [1.807, 2.05) is 52.8 Å². The van der Waals surface area contributed by atoms with Gasteiger partial charge in [0.1, 0.15) is 22.9 Å². The average molecular weight is 503 g/mol. The molecule has 0 saturated heterocycles. The Hall–Kier alpha value is -2.95. The summed E-state index contributed by atoms with van der Waals surface area (Å²) in [5.41, 5.74) is 1.77. The number of ketones is 2. The third-order valence-electron chi connectivity index (χ3n) is 4.58. The number of hydrogen-bond donors (Lipinski definition) is 0. The lowest BCUT2D eigenvalue weighted by Crippen LogP contribution is -2.03. The van der Waals surface area contributed by atoms with Crippen LogP contribution >= 0.6 is 0 Å². The zero-order valence-electron chi connectivity index (χ0n) is 24.2. The Kier molecular flexibility index (Phi) is 29.5. The van der Waals surface area contributed by atoms with Crippen LogP contribution in [0.2, 0.25) is 0 Å². The lowest BCUT2D eigenvalue weighted by Gasteiger charge is -2.04. The molecule has 36 heavy (non-hydrogen) atoms. The second-order valence-corrected chi connectivity index (χ2v) is 7.36. The summed E-state index contributed by atoms with van der Waals surface area (Å²) in [4.78, 5) is 32.6. The van der Waals surface area contributed by atoms with Crippen LogP contribution in [-0.2, 0) is 14.3 Å². The number of unbranched alkanes of at least 4 members (excludes halogenated alkanes) is 3. The maximum absolute atomic E-state index is 11.1. The van der Waals surface area contributed by atoms with E-state index < -0.39 is 0 Å². The topological polar surface area (TPSA) is 69.7 Å². The molecule has 0 bridgehead atoms. The fourth-order valence-electron chi connectivity index (χ4n) is 2.68. The van der Waals surface area contributed by atoms with E-state index >= 15 is 0 Å². The number of hydrogen-bond acceptors (Lipinski definition) is 5. The Balaban J connectivity index is -0.000000436. The SMILES string of the molecule is CC.CC.CCC(=O)CCCCCCC(C)=O.COC(=O)c1ccccc1OC.Cc1ccccc1. The second kappa shape index (κ2) is 28.3. The van der Waals surface area contributed by atoms with Gasteiger partial charge in [-0.3, -0.25) is 4.79 Å². The highest BCUT2D eigenvalue weighted by atomic mass is 16.5. The molecule has 0 aliphatic carbocycles. The van der Waals surface area contributed by atoms with Gasteiger partial charge in [-0.15, -0.1) is 0 Å². The molecule has 0 radical (unpaired) electrons. The summed E-state index contributed by atoms with van der Waals surface area (Å²) in [6.45, 7) is 13.6. The molecule has 0 heterocycles. The molecule has 0 saturated carbocycles. The normalized spacial score (nSPS) is 8.69. The van der Waals surface area contributed by atoms with E-state index in [0.29, 0.717) is 29.9 Å². The molecule has 0 aliphatic rings. The van der Waals surface area contributed by atoms with Gasteiger partial charge in [0.25, 0.3) is 0 Å². The van der Waals surface area contributed by atoms with Crippen molar-refractivity contribution >= 4 is 17.5 Å². The van der Waals surface area contributed by atoms with Gasteiger partial charge >= 0.3 is 5.97 Å². The van der Waals surface area contributed by atoms with Gasteiger partial charge in [0.2, 0.25) is 0 Å². The molecule has 0 atom stereocenters. The predicted molar refractivity (Wildman–Crippen MR) is 152 cm³/mol. The summed E-state index contributed by atoms with van der Waals surface area (Å²) < 4.78 is 9.53. The van der Waals surface area contributed by atoms with Crippen molar-refractivity contribution in [2.75, 3.05) is 14.2 Å². The summed E-state index contributed by atoms with van der Waals surface area (Å²) in [5.74, 6) is 0.771. The minimum Gasteiger partial charge on any atom is -0.496 e.